The van der Waals surface area contributed by atoms with Crippen LogP contribution in [-0.4, -0.2) is 21.0 Å². The fraction of sp³-hybridized carbons (Fsp3) is 0.0588. The number of aromatic nitrogens is 3. The second-order valence-corrected chi connectivity index (χ2v) is 5.17. The van der Waals surface area contributed by atoms with Crippen molar-refractivity contribution in [3.8, 4) is 11.4 Å². The van der Waals surface area contributed by atoms with Crippen molar-refractivity contribution < 1.29 is 4.79 Å². The van der Waals surface area contributed by atoms with Gasteiger partial charge >= 0.3 is 0 Å². The molecule has 0 radical (unpaired) electrons. The number of nitrogens with zero attached hydrogens (tertiary/aromatic N) is 3. The van der Waals surface area contributed by atoms with Crippen LogP contribution in [0.15, 0.2) is 60.8 Å². The Balaban J connectivity index is 1.73. The first-order valence-corrected chi connectivity index (χ1v) is 7.13. The van der Waals surface area contributed by atoms with Gasteiger partial charge in [-0.15, -0.1) is 5.10 Å². The monoisotopic (exact) mass is 309 g/mol. The average molecular weight is 310 g/mol. The van der Waals surface area contributed by atoms with Crippen LogP contribution in [0.4, 0.5) is 0 Å². The van der Waals surface area contributed by atoms with Crippen LogP contribution in [0.25, 0.3) is 11.4 Å². The summed E-state index contributed by atoms with van der Waals surface area (Å²) >= 11 is 5.81. The molecule has 0 aliphatic rings. The number of rotatable bonds is 4. The predicted molar refractivity (Wildman–Crippen MR) is 84.7 cm³/mol. The van der Waals surface area contributed by atoms with Gasteiger partial charge in [-0.3, -0.25) is 9.78 Å². The summed E-state index contributed by atoms with van der Waals surface area (Å²) in [4.78, 5) is 16.4. The van der Waals surface area contributed by atoms with Crippen molar-refractivity contribution in [3.63, 3.8) is 0 Å². The maximum atomic E-state index is 12.2. The maximum Gasteiger partial charge on any atom is 0.168 e. The van der Waals surface area contributed by atoms with Crippen molar-refractivity contribution in [1.29, 1.82) is 0 Å². The molecular formula is C17H12ClN3O. The van der Waals surface area contributed by atoms with Crippen molar-refractivity contribution >= 4 is 17.4 Å². The summed E-state index contributed by atoms with van der Waals surface area (Å²) in [7, 11) is 0. The Kier molecular flexibility index (Phi) is 4.21. The van der Waals surface area contributed by atoms with Gasteiger partial charge in [0.15, 0.2) is 5.78 Å². The molecular weight excluding hydrogens is 298 g/mol. The van der Waals surface area contributed by atoms with Crippen LogP contribution in [0.5, 0.6) is 0 Å². The summed E-state index contributed by atoms with van der Waals surface area (Å²) in [5.74, 6) is -0.0171. The molecule has 0 atom stereocenters. The molecule has 0 saturated heterocycles. The van der Waals surface area contributed by atoms with Gasteiger partial charge in [0.25, 0.3) is 0 Å². The number of carbonyl (C=O) groups excluding carboxylic acids is 1. The number of ketones is 1. The minimum atomic E-state index is -0.0171. The van der Waals surface area contributed by atoms with Gasteiger partial charge in [-0.2, -0.15) is 5.10 Å². The van der Waals surface area contributed by atoms with Crippen LogP contribution in [0.2, 0.25) is 5.02 Å². The molecule has 1 aromatic carbocycles. The number of hydrogen-bond acceptors (Lipinski definition) is 4. The summed E-state index contributed by atoms with van der Waals surface area (Å²) in [5, 5.41) is 8.83. The first-order chi connectivity index (χ1) is 10.7. The molecule has 0 unspecified atom stereocenters. The van der Waals surface area contributed by atoms with E-state index >= 15 is 0 Å². The van der Waals surface area contributed by atoms with Gasteiger partial charge in [0, 0.05) is 16.8 Å². The molecule has 0 aliphatic carbocycles. The Labute approximate surface area is 132 Å². The Morgan fingerprint density at radius 1 is 0.909 bits per heavy atom. The molecule has 0 aliphatic heterocycles. The Morgan fingerprint density at radius 2 is 1.73 bits per heavy atom. The summed E-state index contributed by atoms with van der Waals surface area (Å²) < 4.78 is 0. The molecule has 0 bridgehead atoms. The third-order valence-electron chi connectivity index (χ3n) is 3.15. The highest BCUT2D eigenvalue weighted by molar-refractivity contribution is 6.30. The fourth-order valence-corrected chi connectivity index (χ4v) is 2.13. The normalized spacial score (nSPS) is 10.4. The quantitative estimate of drug-likeness (QED) is 0.691. The topological polar surface area (TPSA) is 55.7 Å². The van der Waals surface area contributed by atoms with Crippen molar-refractivity contribution in [2.75, 3.05) is 0 Å². The minimum absolute atomic E-state index is 0.0171. The predicted octanol–water partition coefficient (Wildman–Crippen LogP) is 3.62. The number of benzene rings is 1. The van der Waals surface area contributed by atoms with Crippen molar-refractivity contribution in [3.05, 3.63) is 77.1 Å². The van der Waals surface area contributed by atoms with Crippen molar-refractivity contribution in [2.45, 2.75) is 6.42 Å². The minimum Gasteiger partial charge on any atom is -0.294 e. The molecule has 5 heteroatoms. The third-order valence-corrected chi connectivity index (χ3v) is 3.41. The molecule has 2 aromatic heterocycles. The number of halogens is 1. The lowest BCUT2D eigenvalue weighted by molar-refractivity contribution is 0.0991. The zero-order chi connectivity index (χ0) is 15.4. The Hall–Kier alpha value is -2.59. The van der Waals surface area contributed by atoms with Crippen LogP contribution in [-0.2, 0) is 6.42 Å². The van der Waals surface area contributed by atoms with Gasteiger partial charge < -0.3 is 0 Å². The van der Waals surface area contributed by atoms with Crippen LogP contribution < -0.4 is 0 Å². The van der Waals surface area contributed by atoms with E-state index in [4.69, 9.17) is 11.6 Å². The molecule has 4 nitrogen and oxygen atoms in total. The molecule has 108 valence electrons. The van der Waals surface area contributed by atoms with Crippen LogP contribution in [0.3, 0.4) is 0 Å². The molecule has 0 amide bonds. The van der Waals surface area contributed by atoms with Crippen LogP contribution in [0, 0.1) is 0 Å². The third kappa shape index (κ3) is 3.35. The zero-order valence-electron chi connectivity index (χ0n) is 11.6. The second kappa shape index (κ2) is 6.45. The van der Waals surface area contributed by atoms with Crippen molar-refractivity contribution in [2.24, 2.45) is 0 Å². The van der Waals surface area contributed by atoms with Crippen LogP contribution in [0.1, 0.15) is 16.1 Å². The molecule has 0 N–H and O–H groups in total. The zero-order valence-corrected chi connectivity index (χ0v) is 12.4. The first-order valence-electron chi connectivity index (χ1n) is 6.75. The number of carbonyl (C=O) groups is 1. The lowest BCUT2D eigenvalue weighted by Crippen LogP contribution is -2.06. The second-order valence-electron chi connectivity index (χ2n) is 4.73. The van der Waals surface area contributed by atoms with Crippen LogP contribution >= 0.6 is 11.6 Å². The lowest BCUT2D eigenvalue weighted by Gasteiger charge is -2.02. The number of hydrogen-bond donors (Lipinski definition) is 0. The average Bonchev–Trinajstić information content (AvgIpc) is 2.57. The lowest BCUT2D eigenvalue weighted by atomic mass is 10.1. The van der Waals surface area contributed by atoms with Gasteiger partial charge in [-0.1, -0.05) is 17.7 Å². The van der Waals surface area contributed by atoms with Gasteiger partial charge in [0.2, 0.25) is 0 Å². The van der Waals surface area contributed by atoms with E-state index in [1.54, 1.807) is 36.5 Å². The number of pyridine rings is 1. The fourth-order valence-electron chi connectivity index (χ4n) is 2.01. The van der Waals surface area contributed by atoms with E-state index in [9.17, 15) is 4.79 Å². The summed E-state index contributed by atoms with van der Waals surface area (Å²) in [5.41, 5.74) is 2.67. The molecule has 0 spiro atoms. The summed E-state index contributed by atoms with van der Waals surface area (Å²) in [6, 6.07) is 16.0. The van der Waals surface area contributed by atoms with Crippen molar-refractivity contribution in [1.82, 2.24) is 15.2 Å². The highest BCUT2D eigenvalue weighted by Crippen LogP contribution is 2.14. The highest BCUT2D eigenvalue weighted by Gasteiger charge is 2.09. The van der Waals surface area contributed by atoms with Gasteiger partial charge in [0.1, 0.15) is 5.69 Å². The summed E-state index contributed by atoms with van der Waals surface area (Å²) in [6.45, 7) is 0. The standard InChI is InChI=1S/C17H12ClN3O/c18-13-6-4-12(5-7-13)17(22)11-14-8-9-16(21-20-14)15-3-1-2-10-19-15/h1-10H,11H2. The summed E-state index contributed by atoms with van der Waals surface area (Å²) in [6.07, 6.45) is 1.91. The van der Waals surface area contributed by atoms with Gasteiger partial charge in [-0.25, -0.2) is 0 Å². The van der Waals surface area contributed by atoms with E-state index in [1.807, 2.05) is 24.3 Å². The van der Waals surface area contributed by atoms with E-state index in [2.05, 4.69) is 15.2 Å². The van der Waals surface area contributed by atoms with Gasteiger partial charge in [0.05, 0.1) is 17.8 Å². The Bertz CT molecular complexity index is 771. The molecule has 22 heavy (non-hydrogen) atoms. The highest BCUT2D eigenvalue weighted by atomic mass is 35.5. The molecule has 3 rings (SSSR count). The molecule has 0 fully saturated rings. The van der Waals surface area contributed by atoms with E-state index in [0.29, 0.717) is 22.0 Å². The molecule has 3 aromatic rings. The Morgan fingerprint density at radius 3 is 2.36 bits per heavy atom. The smallest absolute Gasteiger partial charge is 0.168 e. The van der Waals surface area contributed by atoms with Gasteiger partial charge in [-0.05, 0) is 48.5 Å². The van der Waals surface area contributed by atoms with E-state index < -0.39 is 0 Å². The van der Waals surface area contributed by atoms with E-state index in [1.165, 1.54) is 0 Å². The SMILES string of the molecule is O=C(Cc1ccc(-c2ccccn2)nn1)c1ccc(Cl)cc1. The van der Waals surface area contributed by atoms with E-state index in [0.717, 1.165) is 5.69 Å². The maximum absolute atomic E-state index is 12.2. The largest absolute Gasteiger partial charge is 0.294 e. The molecule has 2 heterocycles. The molecule has 0 saturated carbocycles. The first kappa shape index (κ1) is 14.4. The number of Topliss-reactive ketones (excluding diaryl/α,β-unsaturated/α-hetero) is 1. The van der Waals surface area contributed by atoms with E-state index in [-0.39, 0.29) is 12.2 Å².